The van der Waals surface area contributed by atoms with Crippen molar-refractivity contribution in [2.45, 2.75) is 25.9 Å². The van der Waals surface area contributed by atoms with Crippen LogP contribution >= 0.6 is 11.3 Å². The average Bonchev–Trinajstić information content (AvgIpc) is 2.83. The van der Waals surface area contributed by atoms with Gasteiger partial charge in [-0.2, -0.15) is 0 Å². The normalized spacial score (nSPS) is 14.4. The van der Waals surface area contributed by atoms with E-state index in [-0.39, 0.29) is 12.1 Å². The number of rotatable bonds is 5. The molecule has 3 N–H and O–H groups in total. The Balaban J connectivity index is 1.88. The van der Waals surface area contributed by atoms with E-state index >= 15 is 0 Å². The zero-order valence-electron chi connectivity index (χ0n) is 10.8. The molecule has 0 saturated carbocycles. The van der Waals surface area contributed by atoms with Gasteiger partial charge in [0.05, 0.1) is 6.04 Å². The van der Waals surface area contributed by atoms with Gasteiger partial charge in [-0.15, -0.1) is 11.3 Å². The van der Waals surface area contributed by atoms with Gasteiger partial charge < -0.3 is 11.1 Å². The van der Waals surface area contributed by atoms with Crippen molar-refractivity contribution in [3.63, 3.8) is 0 Å². The van der Waals surface area contributed by atoms with E-state index in [1.54, 1.807) is 11.3 Å². The molecule has 96 valence electrons. The zero-order valence-corrected chi connectivity index (χ0v) is 11.6. The molecule has 1 unspecified atom stereocenters. The summed E-state index contributed by atoms with van der Waals surface area (Å²) in [4.78, 5) is 4.48. The van der Waals surface area contributed by atoms with E-state index in [2.05, 4.69) is 34.7 Å². The first kappa shape index (κ1) is 13.2. The summed E-state index contributed by atoms with van der Waals surface area (Å²) in [6.45, 7) is 4.89. The summed E-state index contributed by atoms with van der Waals surface area (Å²) in [5.74, 6) is 0. The van der Waals surface area contributed by atoms with Gasteiger partial charge >= 0.3 is 0 Å². The van der Waals surface area contributed by atoms with Crippen molar-refractivity contribution in [1.82, 2.24) is 10.3 Å². The van der Waals surface area contributed by atoms with Crippen LogP contribution in [0.25, 0.3) is 0 Å². The molecule has 2 rings (SSSR count). The number of thiazole rings is 1. The standard InChI is InChI=1S/C14H19N3S/c1-10-9-18-14(17-10)11(2)16-8-13(15)12-6-4-3-5-7-12/h3-7,9,11,13,16H,8,15H2,1-2H3/t11?,13-/m0/s1. The molecule has 0 fully saturated rings. The highest BCUT2D eigenvalue weighted by Gasteiger charge is 2.11. The Kier molecular flexibility index (Phi) is 4.47. The van der Waals surface area contributed by atoms with Crippen LogP contribution in [-0.2, 0) is 0 Å². The van der Waals surface area contributed by atoms with Crippen molar-refractivity contribution in [2.75, 3.05) is 6.54 Å². The largest absolute Gasteiger partial charge is 0.323 e. The molecule has 1 heterocycles. The average molecular weight is 261 g/mol. The number of aromatic nitrogens is 1. The third-order valence-electron chi connectivity index (χ3n) is 2.88. The highest BCUT2D eigenvalue weighted by atomic mass is 32.1. The molecule has 2 atom stereocenters. The van der Waals surface area contributed by atoms with E-state index in [0.717, 1.165) is 22.8 Å². The summed E-state index contributed by atoms with van der Waals surface area (Å²) >= 11 is 1.69. The number of nitrogens with one attached hydrogen (secondary N) is 1. The van der Waals surface area contributed by atoms with Crippen LogP contribution in [0.15, 0.2) is 35.7 Å². The lowest BCUT2D eigenvalue weighted by atomic mass is 10.1. The smallest absolute Gasteiger partial charge is 0.110 e. The van der Waals surface area contributed by atoms with Gasteiger partial charge in [0.2, 0.25) is 0 Å². The Morgan fingerprint density at radius 3 is 2.67 bits per heavy atom. The van der Waals surface area contributed by atoms with Crippen molar-refractivity contribution in [3.05, 3.63) is 52.0 Å². The van der Waals surface area contributed by atoms with Crippen LogP contribution in [0.3, 0.4) is 0 Å². The Labute approximate surface area is 112 Å². The van der Waals surface area contributed by atoms with Gasteiger partial charge in [-0.05, 0) is 19.4 Å². The molecule has 0 aliphatic carbocycles. The summed E-state index contributed by atoms with van der Waals surface area (Å²) < 4.78 is 0. The molecule has 18 heavy (non-hydrogen) atoms. The molecule has 3 nitrogen and oxygen atoms in total. The molecule has 4 heteroatoms. The monoisotopic (exact) mass is 261 g/mol. The number of nitrogens with two attached hydrogens (primary N) is 1. The van der Waals surface area contributed by atoms with Crippen LogP contribution < -0.4 is 11.1 Å². The first-order valence-corrected chi connectivity index (χ1v) is 7.00. The Morgan fingerprint density at radius 2 is 2.06 bits per heavy atom. The molecule has 0 saturated heterocycles. The summed E-state index contributed by atoms with van der Waals surface area (Å²) in [6, 6.07) is 10.4. The molecule has 1 aromatic carbocycles. The van der Waals surface area contributed by atoms with Crippen molar-refractivity contribution in [2.24, 2.45) is 5.73 Å². The van der Waals surface area contributed by atoms with Gasteiger partial charge in [0, 0.05) is 23.7 Å². The van der Waals surface area contributed by atoms with Crippen LogP contribution in [0.2, 0.25) is 0 Å². The number of hydrogen-bond acceptors (Lipinski definition) is 4. The molecule has 0 aliphatic heterocycles. The number of aryl methyl sites for hydroxylation is 1. The van der Waals surface area contributed by atoms with Crippen LogP contribution in [0.5, 0.6) is 0 Å². The molecular formula is C14H19N3S. The molecule has 0 aliphatic rings. The maximum Gasteiger partial charge on any atom is 0.110 e. The van der Waals surface area contributed by atoms with Crippen molar-refractivity contribution >= 4 is 11.3 Å². The topological polar surface area (TPSA) is 50.9 Å². The maximum absolute atomic E-state index is 6.15. The zero-order chi connectivity index (χ0) is 13.0. The van der Waals surface area contributed by atoms with E-state index in [1.165, 1.54) is 0 Å². The van der Waals surface area contributed by atoms with Crippen molar-refractivity contribution < 1.29 is 0 Å². The predicted octanol–water partition coefficient (Wildman–Crippen LogP) is 2.80. The van der Waals surface area contributed by atoms with E-state index in [4.69, 9.17) is 5.73 Å². The first-order chi connectivity index (χ1) is 8.66. The van der Waals surface area contributed by atoms with E-state index in [0.29, 0.717) is 0 Å². The van der Waals surface area contributed by atoms with Crippen molar-refractivity contribution in [1.29, 1.82) is 0 Å². The van der Waals surface area contributed by atoms with Crippen LogP contribution in [0.1, 0.15) is 35.3 Å². The summed E-state index contributed by atoms with van der Waals surface area (Å²) in [5, 5.41) is 6.63. The lowest BCUT2D eigenvalue weighted by molar-refractivity contribution is 0.525. The van der Waals surface area contributed by atoms with Gasteiger partial charge in [-0.25, -0.2) is 4.98 Å². The van der Waals surface area contributed by atoms with Gasteiger partial charge in [0.15, 0.2) is 0 Å². The molecule has 0 spiro atoms. The minimum atomic E-state index is 0.0229. The predicted molar refractivity (Wildman–Crippen MR) is 76.6 cm³/mol. The quantitative estimate of drug-likeness (QED) is 0.870. The van der Waals surface area contributed by atoms with Crippen LogP contribution in [0.4, 0.5) is 0 Å². The SMILES string of the molecule is Cc1csc(C(C)NC[C@H](N)c2ccccc2)n1. The molecule has 1 aromatic heterocycles. The number of benzene rings is 1. The summed E-state index contributed by atoms with van der Waals surface area (Å²) in [7, 11) is 0. The highest BCUT2D eigenvalue weighted by Crippen LogP contribution is 2.18. The Morgan fingerprint density at radius 1 is 1.33 bits per heavy atom. The van der Waals surface area contributed by atoms with Gasteiger partial charge in [0.25, 0.3) is 0 Å². The van der Waals surface area contributed by atoms with Gasteiger partial charge in [-0.3, -0.25) is 0 Å². The van der Waals surface area contributed by atoms with Crippen LogP contribution in [-0.4, -0.2) is 11.5 Å². The van der Waals surface area contributed by atoms with E-state index in [9.17, 15) is 0 Å². The third kappa shape index (κ3) is 3.38. The van der Waals surface area contributed by atoms with Crippen molar-refractivity contribution in [3.8, 4) is 0 Å². The minimum Gasteiger partial charge on any atom is -0.323 e. The molecular weight excluding hydrogens is 242 g/mol. The van der Waals surface area contributed by atoms with E-state index < -0.39 is 0 Å². The maximum atomic E-state index is 6.15. The lowest BCUT2D eigenvalue weighted by Crippen LogP contribution is -2.29. The second kappa shape index (κ2) is 6.09. The minimum absolute atomic E-state index is 0.0229. The molecule has 0 radical (unpaired) electrons. The number of nitrogens with zero attached hydrogens (tertiary/aromatic N) is 1. The molecule has 2 aromatic rings. The molecule has 0 amide bonds. The highest BCUT2D eigenvalue weighted by molar-refractivity contribution is 7.09. The fraction of sp³-hybridized carbons (Fsp3) is 0.357. The summed E-state index contributed by atoms with van der Waals surface area (Å²) in [5.41, 5.74) is 8.39. The Bertz CT molecular complexity index is 481. The lowest BCUT2D eigenvalue weighted by Gasteiger charge is -2.16. The summed E-state index contributed by atoms with van der Waals surface area (Å²) in [6.07, 6.45) is 0. The first-order valence-electron chi connectivity index (χ1n) is 6.12. The third-order valence-corrected chi connectivity index (χ3v) is 4.02. The fourth-order valence-electron chi connectivity index (χ4n) is 1.78. The molecule has 0 bridgehead atoms. The fourth-order valence-corrected chi connectivity index (χ4v) is 2.61. The second-order valence-corrected chi connectivity index (χ2v) is 5.36. The van der Waals surface area contributed by atoms with Crippen LogP contribution in [0, 0.1) is 6.92 Å². The van der Waals surface area contributed by atoms with Gasteiger partial charge in [-0.1, -0.05) is 30.3 Å². The van der Waals surface area contributed by atoms with Gasteiger partial charge in [0.1, 0.15) is 5.01 Å². The Hall–Kier alpha value is -1.23. The number of hydrogen-bond donors (Lipinski definition) is 2. The van der Waals surface area contributed by atoms with E-state index in [1.807, 2.05) is 25.1 Å². The second-order valence-electron chi connectivity index (χ2n) is 4.47.